The molecule has 1 heterocycles. The molecule has 2 aromatic rings. The number of ketones is 1. The molecule has 0 spiro atoms. The van der Waals surface area contributed by atoms with Crippen molar-refractivity contribution in [2.45, 2.75) is 0 Å². The number of halogens is 1. The topological polar surface area (TPSA) is 82.3 Å². The maximum atomic E-state index is 12.4. The third-order valence-corrected chi connectivity index (χ3v) is 2.81. The number of nitro groups is 1. The van der Waals surface area contributed by atoms with Crippen LogP contribution in [0, 0.1) is 10.1 Å². The van der Waals surface area contributed by atoms with Crippen molar-refractivity contribution in [3.05, 3.63) is 62.9 Å². The summed E-state index contributed by atoms with van der Waals surface area (Å²) >= 11 is 5.71. The Morgan fingerprint density at radius 3 is 2.65 bits per heavy atom. The average molecular weight is 293 g/mol. The van der Waals surface area contributed by atoms with E-state index in [1.54, 1.807) is 18.2 Å². The normalized spacial score (nSPS) is 10.1. The maximum absolute atomic E-state index is 12.4. The molecule has 7 heteroatoms. The standard InChI is InChI=1S/C13H9ClN2O4/c1-20-10-5-3-2-4-8(10)13(17)12-9(16(18)19)6-7-11(14)15-12/h2-7H,1H3. The number of carbonyl (C=O) groups is 1. The predicted octanol–water partition coefficient (Wildman–Crippen LogP) is 2.88. The fraction of sp³-hybridized carbons (Fsp3) is 0.0769. The molecule has 0 saturated heterocycles. The zero-order valence-corrected chi connectivity index (χ0v) is 11.1. The van der Waals surface area contributed by atoms with Gasteiger partial charge in [-0.15, -0.1) is 0 Å². The summed E-state index contributed by atoms with van der Waals surface area (Å²) in [6.07, 6.45) is 0. The summed E-state index contributed by atoms with van der Waals surface area (Å²) in [5.41, 5.74) is -0.523. The van der Waals surface area contributed by atoms with Crippen molar-refractivity contribution in [1.29, 1.82) is 0 Å². The van der Waals surface area contributed by atoms with Gasteiger partial charge >= 0.3 is 0 Å². The van der Waals surface area contributed by atoms with Gasteiger partial charge in [0.25, 0.3) is 5.69 Å². The molecule has 0 aliphatic rings. The van der Waals surface area contributed by atoms with Crippen molar-refractivity contribution in [3.8, 4) is 5.75 Å². The Kier molecular flexibility index (Phi) is 3.95. The number of pyridine rings is 1. The molecule has 0 bridgehead atoms. The van der Waals surface area contributed by atoms with Gasteiger partial charge in [0, 0.05) is 6.07 Å². The quantitative estimate of drug-likeness (QED) is 0.374. The van der Waals surface area contributed by atoms with Gasteiger partial charge in [-0.05, 0) is 18.2 Å². The average Bonchev–Trinajstić information content (AvgIpc) is 2.46. The smallest absolute Gasteiger partial charge is 0.299 e. The third-order valence-electron chi connectivity index (χ3n) is 2.60. The minimum atomic E-state index is -0.675. The lowest BCUT2D eigenvalue weighted by Crippen LogP contribution is -2.09. The SMILES string of the molecule is COc1ccccc1C(=O)c1nc(Cl)ccc1[N+](=O)[O-]. The fourth-order valence-corrected chi connectivity index (χ4v) is 1.85. The van der Waals surface area contributed by atoms with Gasteiger partial charge in [-0.1, -0.05) is 23.7 Å². The zero-order valence-electron chi connectivity index (χ0n) is 10.4. The molecule has 0 fully saturated rings. The molecular weight excluding hydrogens is 284 g/mol. The maximum Gasteiger partial charge on any atom is 0.299 e. The van der Waals surface area contributed by atoms with Gasteiger partial charge in [0.1, 0.15) is 10.9 Å². The summed E-state index contributed by atoms with van der Waals surface area (Å²) < 4.78 is 5.07. The van der Waals surface area contributed by atoms with Crippen molar-refractivity contribution < 1.29 is 14.5 Å². The van der Waals surface area contributed by atoms with E-state index in [4.69, 9.17) is 16.3 Å². The Bertz CT molecular complexity index is 688. The molecule has 0 N–H and O–H groups in total. The fourth-order valence-electron chi connectivity index (χ4n) is 1.70. The van der Waals surface area contributed by atoms with E-state index in [1.165, 1.54) is 19.2 Å². The molecule has 0 aliphatic heterocycles. The second-order valence-electron chi connectivity index (χ2n) is 3.79. The molecule has 0 aliphatic carbocycles. The third kappa shape index (κ3) is 2.60. The number of para-hydroxylation sites is 1. The number of ether oxygens (including phenoxy) is 1. The van der Waals surface area contributed by atoms with Crippen LogP contribution in [0.25, 0.3) is 0 Å². The minimum Gasteiger partial charge on any atom is -0.496 e. The molecule has 0 radical (unpaired) electrons. The summed E-state index contributed by atoms with van der Waals surface area (Å²) in [7, 11) is 1.41. The molecule has 0 amide bonds. The number of hydrogen-bond acceptors (Lipinski definition) is 5. The van der Waals surface area contributed by atoms with E-state index in [0.717, 1.165) is 6.07 Å². The second kappa shape index (κ2) is 5.66. The first-order valence-corrected chi connectivity index (χ1v) is 5.91. The molecule has 0 saturated carbocycles. The summed E-state index contributed by atoms with van der Waals surface area (Å²) in [4.78, 5) is 26.5. The van der Waals surface area contributed by atoms with Gasteiger partial charge in [-0.2, -0.15) is 0 Å². The Balaban J connectivity index is 2.59. The molecule has 0 unspecified atom stereocenters. The van der Waals surface area contributed by atoms with E-state index >= 15 is 0 Å². The molecular formula is C13H9ClN2O4. The highest BCUT2D eigenvalue weighted by Gasteiger charge is 2.25. The van der Waals surface area contributed by atoms with E-state index in [-0.39, 0.29) is 16.4 Å². The van der Waals surface area contributed by atoms with Crippen LogP contribution in [0.2, 0.25) is 5.15 Å². The van der Waals surface area contributed by atoms with Crippen LogP contribution in [0.3, 0.4) is 0 Å². The van der Waals surface area contributed by atoms with Crippen molar-refractivity contribution >= 4 is 23.1 Å². The largest absolute Gasteiger partial charge is 0.496 e. The predicted molar refractivity (Wildman–Crippen MR) is 72.3 cm³/mol. The lowest BCUT2D eigenvalue weighted by molar-refractivity contribution is -0.385. The van der Waals surface area contributed by atoms with E-state index in [0.29, 0.717) is 5.75 Å². The van der Waals surface area contributed by atoms with Crippen LogP contribution < -0.4 is 4.74 Å². The van der Waals surface area contributed by atoms with Crippen LogP contribution >= 0.6 is 11.6 Å². The monoisotopic (exact) mass is 292 g/mol. The number of methoxy groups -OCH3 is 1. The number of nitrogens with zero attached hydrogens (tertiary/aromatic N) is 2. The van der Waals surface area contributed by atoms with Gasteiger partial charge in [0.15, 0.2) is 5.69 Å². The lowest BCUT2D eigenvalue weighted by atomic mass is 10.1. The van der Waals surface area contributed by atoms with Crippen LogP contribution in [0.5, 0.6) is 5.75 Å². The molecule has 2 rings (SSSR count). The minimum absolute atomic E-state index is 0.00819. The summed E-state index contributed by atoms with van der Waals surface area (Å²) in [6, 6.07) is 8.83. The molecule has 102 valence electrons. The Hall–Kier alpha value is -2.47. The first-order chi connectivity index (χ1) is 9.54. The van der Waals surface area contributed by atoms with E-state index in [1.807, 2.05) is 0 Å². The van der Waals surface area contributed by atoms with E-state index < -0.39 is 16.4 Å². The van der Waals surface area contributed by atoms with Gasteiger partial charge in [0.05, 0.1) is 17.6 Å². The highest BCUT2D eigenvalue weighted by molar-refractivity contribution is 6.29. The van der Waals surface area contributed by atoms with Gasteiger partial charge in [-0.25, -0.2) is 4.98 Å². The highest BCUT2D eigenvalue weighted by atomic mass is 35.5. The number of hydrogen-bond donors (Lipinski definition) is 0. The van der Waals surface area contributed by atoms with Crippen LogP contribution in [-0.2, 0) is 0 Å². The summed E-state index contributed by atoms with van der Waals surface area (Å²) in [5, 5.41) is 11.0. The summed E-state index contributed by atoms with van der Waals surface area (Å²) in [5.74, 6) is -0.301. The highest BCUT2D eigenvalue weighted by Crippen LogP contribution is 2.26. The summed E-state index contributed by atoms with van der Waals surface area (Å²) in [6.45, 7) is 0. The van der Waals surface area contributed by atoms with Crippen LogP contribution in [0.4, 0.5) is 5.69 Å². The Morgan fingerprint density at radius 2 is 2.00 bits per heavy atom. The number of aromatic nitrogens is 1. The first-order valence-electron chi connectivity index (χ1n) is 5.53. The number of benzene rings is 1. The van der Waals surface area contributed by atoms with E-state index in [9.17, 15) is 14.9 Å². The lowest BCUT2D eigenvalue weighted by Gasteiger charge is -2.07. The molecule has 20 heavy (non-hydrogen) atoms. The molecule has 6 nitrogen and oxygen atoms in total. The van der Waals surface area contributed by atoms with Crippen LogP contribution in [-0.4, -0.2) is 22.8 Å². The van der Waals surface area contributed by atoms with Crippen molar-refractivity contribution in [2.75, 3.05) is 7.11 Å². The van der Waals surface area contributed by atoms with Gasteiger partial charge in [0.2, 0.25) is 5.78 Å². The number of rotatable bonds is 4. The molecule has 0 atom stereocenters. The first kappa shape index (κ1) is 14.0. The van der Waals surface area contributed by atoms with Crippen molar-refractivity contribution in [2.24, 2.45) is 0 Å². The van der Waals surface area contributed by atoms with Crippen molar-refractivity contribution in [3.63, 3.8) is 0 Å². The molecule has 1 aromatic carbocycles. The number of carbonyl (C=O) groups excluding carboxylic acids is 1. The van der Waals surface area contributed by atoms with Gasteiger partial charge in [-0.3, -0.25) is 14.9 Å². The second-order valence-corrected chi connectivity index (χ2v) is 4.18. The zero-order chi connectivity index (χ0) is 14.7. The molecule has 1 aromatic heterocycles. The van der Waals surface area contributed by atoms with E-state index in [2.05, 4.69) is 4.98 Å². The van der Waals surface area contributed by atoms with Gasteiger partial charge < -0.3 is 4.74 Å². The van der Waals surface area contributed by atoms with Crippen LogP contribution in [0.1, 0.15) is 16.1 Å². The Labute approximate surface area is 119 Å². The Morgan fingerprint density at radius 1 is 1.30 bits per heavy atom. The van der Waals surface area contributed by atoms with Crippen LogP contribution in [0.15, 0.2) is 36.4 Å². The van der Waals surface area contributed by atoms with Crippen molar-refractivity contribution in [1.82, 2.24) is 4.98 Å².